The van der Waals surface area contributed by atoms with E-state index in [-0.39, 0.29) is 0 Å². The molecule has 0 unspecified atom stereocenters. The smallest absolute Gasteiger partial charge is 0.242 e. The number of hydrogen-bond acceptors (Lipinski definition) is 5. The third-order valence-electron chi connectivity index (χ3n) is 6.22. The molecule has 0 fully saturated rings. The number of aromatic amines is 1. The van der Waals surface area contributed by atoms with Crippen molar-refractivity contribution in [2.24, 2.45) is 7.05 Å². The van der Waals surface area contributed by atoms with Gasteiger partial charge in [0.25, 0.3) is 0 Å². The molecule has 33 heavy (non-hydrogen) atoms. The van der Waals surface area contributed by atoms with Crippen LogP contribution in [0, 0.1) is 0 Å². The molecule has 3 heterocycles. The van der Waals surface area contributed by atoms with E-state index in [1.807, 2.05) is 30.1 Å². The molecule has 0 aliphatic heterocycles. The second kappa shape index (κ2) is 7.11. The fourth-order valence-corrected chi connectivity index (χ4v) is 6.45. The van der Waals surface area contributed by atoms with Gasteiger partial charge in [0.15, 0.2) is 0 Å². The van der Waals surface area contributed by atoms with E-state index in [1.165, 1.54) is 34.4 Å². The molecular formula is C24H21N5O2S2. The Bertz CT molecular complexity index is 1640. The van der Waals surface area contributed by atoms with Crippen molar-refractivity contribution in [3.63, 3.8) is 0 Å². The number of aromatic nitrogens is 4. The van der Waals surface area contributed by atoms with Gasteiger partial charge in [-0.15, -0.1) is 11.3 Å². The zero-order valence-electron chi connectivity index (χ0n) is 18.3. The second-order valence-corrected chi connectivity index (χ2v) is 11.7. The molecule has 1 N–H and O–H groups in total. The quantitative estimate of drug-likeness (QED) is 0.407. The molecule has 1 aliphatic carbocycles. The fraction of sp³-hybridized carbons (Fsp3) is 0.167. The third kappa shape index (κ3) is 3.07. The maximum atomic E-state index is 12.3. The van der Waals surface area contributed by atoms with Crippen LogP contribution in [0.2, 0.25) is 0 Å². The number of benzene rings is 2. The summed E-state index contributed by atoms with van der Waals surface area (Å²) in [6.45, 7) is 0. The van der Waals surface area contributed by atoms with Gasteiger partial charge in [0, 0.05) is 59.4 Å². The normalized spacial score (nSPS) is 13.1. The summed E-state index contributed by atoms with van der Waals surface area (Å²) in [6.07, 6.45) is 2.70. The lowest BCUT2D eigenvalue weighted by atomic mass is 10.0. The predicted octanol–water partition coefficient (Wildman–Crippen LogP) is 4.51. The first kappa shape index (κ1) is 20.3. The van der Waals surface area contributed by atoms with Crippen molar-refractivity contribution < 1.29 is 8.42 Å². The van der Waals surface area contributed by atoms with Crippen molar-refractivity contribution in [2.45, 2.75) is 11.3 Å². The molecule has 0 spiro atoms. The van der Waals surface area contributed by atoms with Crippen LogP contribution in [0.3, 0.4) is 0 Å². The summed E-state index contributed by atoms with van der Waals surface area (Å²) in [7, 11) is 1.60. The molecule has 0 saturated carbocycles. The Morgan fingerprint density at radius 1 is 1.06 bits per heavy atom. The van der Waals surface area contributed by atoms with Crippen LogP contribution in [0.25, 0.3) is 43.9 Å². The maximum Gasteiger partial charge on any atom is 0.242 e. The van der Waals surface area contributed by atoms with Gasteiger partial charge in [0.1, 0.15) is 0 Å². The van der Waals surface area contributed by atoms with Gasteiger partial charge in [0.2, 0.25) is 10.0 Å². The molecule has 7 nitrogen and oxygen atoms in total. The lowest BCUT2D eigenvalue weighted by molar-refractivity contribution is 0.521. The van der Waals surface area contributed by atoms with Crippen LogP contribution < -0.4 is 0 Å². The van der Waals surface area contributed by atoms with E-state index in [0.717, 1.165) is 44.7 Å². The molecule has 0 amide bonds. The molecule has 9 heteroatoms. The summed E-state index contributed by atoms with van der Waals surface area (Å²) in [4.78, 5) is 2.71. The number of nitrogens with one attached hydrogen (secondary N) is 1. The SMILES string of the molecule is CN(C)S(=O)(=O)c1ccc(-c2cc3c(s2)Cc2c(-c4ccc5cnn(C)c5c4)n[nH]c2-3)cc1. The summed E-state index contributed by atoms with van der Waals surface area (Å²) in [5, 5.41) is 13.3. The molecule has 0 atom stereocenters. The monoisotopic (exact) mass is 475 g/mol. The van der Waals surface area contributed by atoms with Gasteiger partial charge in [-0.2, -0.15) is 10.2 Å². The number of fused-ring (bicyclic) bond motifs is 4. The minimum atomic E-state index is -3.43. The molecule has 5 aromatic rings. The Labute approximate surface area is 195 Å². The number of sulfonamides is 1. The molecule has 166 valence electrons. The lowest BCUT2D eigenvalue weighted by Gasteiger charge is -2.11. The first-order chi connectivity index (χ1) is 15.8. The Kier molecular flexibility index (Phi) is 4.39. The highest BCUT2D eigenvalue weighted by molar-refractivity contribution is 7.89. The molecule has 0 radical (unpaired) electrons. The lowest BCUT2D eigenvalue weighted by Crippen LogP contribution is -2.22. The number of aryl methyl sites for hydroxylation is 1. The van der Waals surface area contributed by atoms with Crippen molar-refractivity contribution in [1.29, 1.82) is 0 Å². The van der Waals surface area contributed by atoms with E-state index in [0.29, 0.717) is 4.90 Å². The van der Waals surface area contributed by atoms with E-state index in [1.54, 1.807) is 23.5 Å². The number of thiophene rings is 1. The minimum Gasteiger partial charge on any atom is -0.277 e. The fourth-order valence-electron chi connectivity index (χ4n) is 4.37. The van der Waals surface area contributed by atoms with Gasteiger partial charge in [-0.25, -0.2) is 12.7 Å². The van der Waals surface area contributed by atoms with Gasteiger partial charge in [0.05, 0.1) is 28.0 Å². The summed E-state index contributed by atoms with van der Waals surface area (Å²) in [5.74, 6) is 0. The van der Waals surface area contributed by atoms with Gasteiger partial charge in [-0.05, 0) is 29.8 Å². The highest BCUT2D eigenvalue weighted by atomic mass is 32.2. The zero-order chi connectivity index (χ0) is 22.9. The van der Waals surface area contributed by atoms with Gasteiger partial charge >= 0.3 is 0 Å². The van der Waals surface area contributed by atoms with E-state index < -0.39 is 10.0 Å². The molecule has 0 bridgehead atoms. The Morgan fingerprint density at radius 2 is 1.82 bits per heavy atom. The zero-order valence-corrected chi connectivity index (χ0v) is 20.0. The van der Waals surface area contributed by atoms with Crippen LogP contribution in [0.5, 0.6) is 0 Å². The number of rotatable bonds is 4. The highest BCUT2D eigenvalue weighted by Gasteiger charge is 2.28. The number of H-pyrrole nitrogens is 1. The molecule has 6 rings (SSSR count). The van der Waals surface area contributed by atoms with Crippen LogP contribution in [0.4, 0.5) is 0 Å². The Morgan fingerprint density at radius 3 is 2.58 bits per heavy atom. The van der Waals surface area contributed by atoms with Gasteiger partial charge in [-0.1, -0.05) is 24.3 Å². The van der Waals surface area contributed by atoms with Gasteiger partial charge < -0.3 is 0 Å². The van der Waals surface area contributed by atoms with E-state index in [9.17, 15) is 8.42 Å². The first-order valence-electron chi connectivity index (χ1n) is 10.5. The summed E-state index contributed by atoms with van der Waals surface area (Å²) in [5.41, 5.74) is 7.62. The third-order valence-corrected chi connectivity index (χ3v) is 9.24. The van der Waals surface area contributed by atoms with Crippen LogP contribution in [-0.4, -0.2) is 46.8 Å². The molecular weight excluding hydrogens is 454 g/mol. The second-order valence-electron chi connectivity index (χ2n) is 8.40. The summed E-state index contributed by atoms with van der Waals surface area (Å²) >= 11 is 1.74. The first-order valence-corrected chi connectivity index (χ1v) is 12.7. The van der Waals surface area contributed by atoms with Crippen molar-refractivity contribution in [2.75, 3.05) is 14.1 Å². The van der Waals surface area contributed by atoms with Gasteiger partial charge in [-0.3, -0.25) is 9.78 Å². The Hall–Kier alpha value is -3.27. The van der Waals surface area contributed by atoms with Crippen LogP contribution in [0.1, 0.15) is 10.4 Å². The molecule has 1 aliphatic rings. The minimum absolute atomic E-state index is 0.297. The van der Waals surface area contributed by atoms with E-state index >= 15 is 0 Å². The van der Waals surface area contributed by atoms with Crippen LogP contribution in [-0.2, 0) is 23.5 Å². The van der Waals surface area contributed by atoms with E-state index in [2.05, 4.69) is 39.6 Å². The summed E-state index contributed by atoms with van der Waals surface area (Å²) in [6, 6.07) is 15.6. The predicted molar refractivity (Wildman–Crippen MR) is 131 cm³/mol. The van der Waals surface area contributed by atoms with Crippen molar-refractivity contribution >= 4 is 32.3 Å². The van der Waals surface area contributed by atoms with Crippen LogP contribution >= 0.6 is 11.3 Å². The number of hydrogen-bond donors (Lipinski definition) is 1. The van der Waals surface area contributed by atoms with E-state index in [4.69, 9.17) is 0 Å². The number of nitrogens with zero attached hydrogens (tertiary/aromatic N) is 4. The molecule has 3 aromatic heterocycles. The average molecular weight is 476 g/mol. The molecule has 0 saturated heterocycles. The van der Waals surface area contributed by atoms with Crippen LogP contribution in [0.15, 0.2) is 59.6 Å². The Balaban J connectivity index is 1.34. The highest BCUT2D eigenvalue weighted by Crippen LogP contribution is 2.46. The van der Waals surface area contributed by atoms with Crippen molar-refractivity contribution in [3.05, 3.63) is 65.2 Å². The largest absolute Gasteiger partial charge is 0.277 e. The topological polar surface area (TPSA) is 83.9 Å². The standard InChI is InChI=1S/C24H21N5O2S2/c1-28(2)33(30,31)17-8-6-14(7-9-17)21-11-18-22(32-21)12-19-23(26-27-24(18)19)15-4-5-16-13-25-29(3)20(16)10-15/h4-11,13H,12H2,1-3H3,(H,26,27). The average Bonchev–Trinajstić information content (AvgIpc) is 3.55. The van der Waals surface area contributed by atoms with Crippen molar-refractivity contribution in [1.82, 2.24) is 24.3 Å². The maximum absolute atomic E-state index is 12.3. The van der Waals surface area contributed by atoms with Crippen molar-refractivity contribution in [3.8, 4) is 33.0 Å². The molecule has 2 aromatic carbocycles. The summed E-state index contributed by atoms with van der Waals surface area (Å²) < 4.78 is 27.8.